The summed E-state index contributed by atoms with van der Waals surface area (Å²) >= 11 is 3.32. The molecule has 1 atom stereocenters. The van der Waals surface area contributed by atoms with Crippen LogP contribution >= 0.6 is 15.9 Å². The molecule has 0 bridgehead atoms. The van der Waals surface area contributed by atoms with Crippen molar-refractivity contribution in [3.8, 4) is 5.88 Å². The molecule has 0 saturated carbocycles. The molecule has 2 heterocycles. The van der Waals surface area contributed by atoms with Gasteiger partial charge in [0.25, 0.3) is 0 Å². The maximum Gasteiger partial charge on any atom is 0.228 e. The molecule has 0 radical (unpaired) electrons. The standard InChI is InChI=1S/C15H12BrF2N3O2/c1-22-15-9(16)3-5-12(20-15)14-19-13(7-23-21-14)8-2-4-10(17)11(18)6-8/h2-6,13H,7H2,1H3,(H,19,21). The molecular weight excluding hydrogens is 372 g/mol. The van der Waals surface area contributed by atoms with Crippen molar-refractivity contribution in [2.75, 3.05) is 13.7 Å². The van der Waals surface area contributed by atoms with Crippen molar-refractivity contribution < 1.29 is 18.4 Å². The number of hydrogen-bond acceptors (Lipinski definition) is 5. The Morgan fingerprint density at radius 2 is 2.09 bits per heavy atom. The molecule has 8 heteroatoms. The molecule has 1 unspecified atom stereocenters. The normalized spacial score (nSPS) is 17.4. The second kappa shape index (κ2) is 6.59. The highest BCUT2D eigenvalue weighted by Gasteiger charge is 2.21. The Kier molecular flexibility index (Phi) is 4.53. The van der Waals surface area contributed by atoms with Gasteiger partial charge in [-0.3, -0.25) is 9.83 Å². The smallest absolute Gasteiger partial charge is 0.228 e. The van der Waals surface area contributed by atoms with Crippen LogP contribution in [0.1, 0.15) is 17.3 Å². The highest BCUT2D eigenvalue weighted by atomic mass is 79.9. The van der Waals surface area contributed by atoms with E-state index in [1.165, 1.54) is 13.2 Å². The van der Waals surface area contributed by atoms with Crippen molar-refractivity contribution in [3.05, 3.63) is 57.7 Å². The van der Waals surface area contributed by atoms with Crippen LogP contribution in [0, 0.1) is 11.6 Å². The molecular formula is C15H12BrF2N3O2. The highest BCUT2D eigenvalue weighted by Crippen LogP contribution is 2.25. The molecule has 1 aromatic heterocycles. The quantitative estimate of drug-likeness (QED) is 0.884. The highest BCUT2D eigenvalue weighted by molar-refractivity contribution is 9.10. The van der Waals surface area contributed by atoms with E-state index in [9.17, 15) is 8.78 Å². The van der Waals surface area contributed by atoms with Crippen LogP contribution in [0.3, 0.4) is 0 Å². The summed E-state index contributed by atoms with van der Waals surface area (Å²) in [4.78, 5) is 14.0. The van der Waals surface area contributed by atoms with Crippen LogP contribution in [-0.2, 0) is 4.84 Å². The van der Waals surface area contributed by atoms with E-state index in [1.54, 1.807) is 12.1 Å². The first kappa shape index (κ1) is 15.8. The zero-order valence-electron chi connectivity index (χ0n) is 12.0. The largest absolute Gasteiger partial charge is 0.480 e. The fraction of sp³-hybridized carbons (Fsp3) is 0.200. The molecule has 0 spiro atoms. The van der Waals surface area contributed by atoms with E-state index in [0.717, 1.165) is 12.1 Å². The Labute approximate surface area is 139 Å². The van der Waals surface area contributed by atoms with Crippen LogP contribution in [0.15, 0.2) is 39.8 Å². The third-order valence-electron chi connectivity index (χ3n) is 3.27. The fourth-order valence-electron chi connectivity index (χ4n) is 2.12. The van der Waals surface area contributed by atoms with Crippen LogP contribution in [0.2, 0.25) is 0 Å². The van der Waals surface area contributed by atoms with Gasteiger partial charge in [-0.25, -0.2) is 19.2 Å². The zero-order chi connectivity index (χ0) is 16.4. The summed E-state index contributed by atoms with van der Waals surface area (Å²) < 4.78 is 32.3. The maximum absolute atomic E-state index is 13.4. The van der Waals surface area contributed by atoms with Crippen LogP contribution in [0.5, 0.6) is 5.88 Å². The summed E-state index contributed by atoms with van der Waals surface area (Å²) in [6.07, 6.45) is 0. The van der Waals surface area contributed by atoms with Crippen molar-refractivity contribution in [2.24, 2.45) is 4.99 Å². The van der Waals surface area contributed by atoms with E-state index in [1.807, 2.05) is 0 Å². The first-order valence-electron chi connectivity index (χ1n) is 6.70. The second-order valence-electron chi connectivity index (χ2n) is 4.77. The Morgan fingerprint density at radius 3 is 2.83 bits per heavy atom. The van der Waals surface area contributed by atoms with Gasteiger partial charge in [-0.1, -0.05) is 6.07 Å². The van der Waals surface area contributed by atoms with Crippen molar-refractivity contribution in [3.63, 3.8) is 0 Å². The second-order valence-corrected chi connectivity index (χ2v) is 5.62. The molecule has 2 aromatic rings. The Hall–Kier alpha value is -2.06. The molecule has 3 rings (SSSR count). The van der Waals surface area contributed by atoms with Gasteiger partial charge in [0.2, 0.25) is 5.88 Å². The van der Waals surface area contributed by atoms with E-state index < -0.39 is 17.7 Å². The molecule has 0 aliphatic carbocycles. The number of benzene rings is 1. The SMILES string of the molecule is COc1nc(C2=NC(c3ccc(F)c(F)c3)CON2)ccc1Br. The zero-order valence-corrected chi connectivity index (χ0v) is 13.6. The number of methoxy groups -OCH3 is 1. The van der Waals surface area contributed by atoms with E-state index in [4.69, 9.17) is 9.57 Å². The summed E-state index contributed by atoms with van der Waals surface area (Å²) in [6, 6.07) is 6.71. The number of rotatable bonds is 3. The van der Waals surface area contributed by atoms with Crippen LogP contribution < -0.4 is 10.2 Å². The molecule has 120 valence electrons. The van der Waals surface area contributed by atoms with E-state index in [2.05, 4.69) is 31.4 Å². The Balaban J connectivity index is 1.94. The number of ether oxygens (including phenoxy) is 1. The lowest BCUT2D eigenvalue weighted by Crippen LogP contribution is -2.33. The number of hydroxylamine groups is 1. The molecule has 23 heavy (non-hydrogen) atoms. The van der Waals surface area contributed by atoms with Gasteiger partial charge < -0.3 is 4.74 Å². The van der Waals surface area contributed by atoms with Crippen molar-refractivity contribution in [1.82, 2.24) is 10.5 Å². The van der Waals surface area contributed by atoms with Crippen molar-refractivity contribution >= 4 is 21.8 Å². The van der Waals surface area contributed by atoms with Crippen LogP contribution in [0.4, 0.5) is 8.78 Å². The van der Waals surface area contributed by atoms with Crippen molar-refractivity contribution in [2.45, 2.75) is 6.04 Å². The third kappa shape index (κ3) is 3.32. The monoisotopic (exact) mass is 383 g/mol. The number of aromatic nitrogens is 1. The molecule has 5 nitrogen and oxygen atoms in total. The molecule has 0 fully saturated rings. The first-order valence-corrected chi connectivity index (χ1v) is 7.49. The molecule has 0 saturated heterocycles. The molecule has 1 aromatic carbocycles. The van der Waals surface area contributed by atoms with Crippen molar-refractivity contribution in [1.29, 1.82) is 0 Å². The molecule has 1 aliphatic heterocycles. The average molecular weight is 384 g/mol. The Bertz CT molecular complexity index is 770. The lowest BCUT2D eigenvalue weighted by Gasteiger charge is -2.22. The van der Waals surface area contributed by atoms with Gasteiger partial charge in [-0.2, -0.15) is 0 Å². The van der Waals surface area contributed by atoms with Gasteiger partial charge in [0.1, 0.15) is 18.3 Å². The predicted molar refractivity (Wildman–Crippen MR) is 83.2 cm³/mol. The minimum atomic E-state index is -0.916. The Morgan fingerprint density at radius 1 is 1.26 bits per heavy atom. The van der Waals surface area contributed by atoms with Gasteiger partial charge in [-0.05, 0) is 45.8 Å². The lowest BCUT2D eigenvalue weighted by molar-refractivity contribution is 0.0620. The van der Waals surface area contributed by atoms with E-state index in [0.29, 0.717) is 27.4 Å². The summed E-state index contributed by atoms with van der Waals surface area (Å²) in [5.74, 6) is -1.02. The van der Waals surface area contributed by atoms with Crippen LogP contribution in [-0.4, -0.2) is 24.5 Å². The number of halogens is 3. The molecule has 1 N–H and O–H groups in total. The minimum absolute atomic E-state index is 0.197. The fourth-order valence-corrected chi connectivity index (χ4v) is 2.50. The predicted octanol–water partition coefficient (Wildman–Crippen LogP) is 3.15. The summed E-state index contributed by atoms with van der Waals surface area (Å²) in [7, 11) is 1.51. The summed E-state index contributed by atoms with van der Waals surface area (Å²) in [5.41, 5.74) is 3.71. The van der Waals surface area contributed by atoms with E-state index >= 15 is 0 Å². The average Bonchev–Trinajstić information content (AvgIpc) is 2.58. The van der Waals surface area contributed by atoms with E-state index in [-0.39, 0.29) is 6.61 Å². The molecule has 0 amide bonds. The lowest BCUT2D eigenvalue weighted by atomic mass is 10.1. The number of amidine groups is 1. The van der Waals surface area contributed by atoms with Gasteiger partial charge in [0, 0.05) is 0 Å². The number of hydrogen-bond donors (Lipinski definition) is 1. The third-order valence-corrected chi connectivity index (χ3v) is 3.88. The van der Waals surface area contributed by atoms with Gasteiger partial charge in [0.05, 0.1) is 11.6 Å². The minimum Gasteiger partial charge on any atom is -0.480 e. The molecule has 1 aliphatic rings. The van der Waals surface area contributed by atoms with Gasteiger partial charge >= 0.3 is 0 Å². The summed E-state index contributed by atoms with van der Waals surface area (Å²) in [6.45, 7) is 0.197. The number of pyridine rings is 1. The van der Waals surface area contributed by atoms with Gasteiger partial charge in [0.15, 0.2) is 17.5 Å². The maximum atomic E-state index is 13.4. The number of nitrogens with zero attached hydrogens (tertiary/aromatic N) is 2. The number of nitrogens with one attached hydrogen (secondary N) is 1. The van der Waals surface area contributed by atoms with Gasteiger partial charge in [-0.15, -0.1) is 0 Å². The van der Waals surface area contributed by atoms with Crippen LogP contribution in [0.25, 0.3) is 0 Å². The number of aliphatic imine (C=N–C) groups is 1. The summed E-state index contributed by atoms with van der Waals surface area (Å²) in [5, 5.41) is 0. The topological polar surface area (TPSA) is 55.7 Å². The first-order chi connectivity index (χ1) is 11.1.